The largest absolute Gasteiger partial charge is 0.342 e. The second kappa shape index (κ2) is 4.61. The van der Waals surface area contributed by atoms with Crippen molar-refractivity contribution in [3.63, 3.8) is 0 Å². The third kappa shape index (κ3) is 2.39. The Morgan fingerprint density at radius 1 is 1.38 bits per heavy atom. The Hall–Kier alpha value is -1.42. The lowest BCUT2D eigenvalue weighted by atomic mass is 10.0. The van der Waals surface area contributed by atoms with E-state index in [1.807, 2.05) is 6.07 Å². The van der Waals surface area contributed by atoms with Crippen LogP contribution in [0.1, 0.15) is 19.4 Å². The third-order valence-electron chi connectivity index (χ3n) is 2.11. The first-order valence-electron chi connectivity index (χ1n) is 5.08. The molecule has 5 heteroatoms. The van der Waals surface area contributed by atoms with Gasteiger partial charge in [-0.25, -0.2) is 0 Å². The van der Waals surface area contributed by atoms with Crippen LogP contribution in [0, 0.1) is 5.92 Å². The molecule has 0 saturated carbocycles. The van der Waals surface area contributed by atoms with Crippen LogP contribution in [0.4, 0.5) is 0 Å². The normalized spacial score (nSPS) is 11.0. The van der Waals surface area contributed by atoms with Crippen LogP contribution in [0.5, 0.6) is 0 Å². The van der Waals surface area contributed by atoms with Crippen LogP contribution in [0.3, 0.4) is 0 Å². The average Bonchev–Trinajstić information content (AvgIpc) is 2.69. The number of aromatic nitrogens is 3. The maximum absolute atomic E-state index is 6.12. The summed E-state index contributed by atoms with van der Waals surface area (Å²) in [6.07, 6.45) is 4.02. The fraction of sp³-hybridized carbons (Fsp3) is 0.364. The first kappa shape index (κ1) is 11.1. The molecule has 0 aliphatic rings. The highest BCUT2D eigenvalue weighted by atomic mass is 35.5. The van der Waals surface area contributed by atoms with Crippen molar-refractivity contribution >= 4 is 11.6 Å². The van der Waals surface area contributed by atoms with Gasteiger partial charge < -0.3 is 4.52 Å². The predicted octanol–water partition coefficient (Wildman–Crippen LogP) is 2.98. The molecule has 0 N–H and O–H groups in total. The van der Waals surface area contributed by atoms with Crippen molar-refractivity contribution in [2.75, 3.05) is 0 Å². The number of nitrogens with zero attached hydrogens (tertiary/aromatic N) is 3. The highest BCUT2D eigenvalue weighted by molar-refractivity contribution is 6.32. The van der Waals surface area contributed by atoms with Crippen LogP contribution in [-0.4, -0.2) is 15.1 Å². The Labute approximate surface area is 98.7 Å². The molecule has 0 bridgehead atoms. The van der Waals surface area contributed by atoms with Gasteiger partial charge in [0.15, 0.2) is 0 Å². The first-order chi connectivity index (χ1) is 7.66. The highest BCUT2D eigenvalue weighted by Gasteiger charge is 2.10. The second-order valence-corrected chi connectivity index (χ2v) is 4.43. The van der Waals surface area contributed by atoms with Crippen molar-refractivity contribution in [2.45, 2.75) is 20.3 Å². The quantitative estimate of drug-likeness (QED) is 0.824. The zero-order valence-corrected chi connectivity index (χ0v) is 9.90. The van der Waals surface area contributed by atoms with E-state index in [0.717, 1.165) is 12.0 Å². The summed E-state index contributed by atoms with van der Waals surface area (Å²) in [4.78, 5) is 8.17. The Kier molecular flexibility index (Phi) is 3.19. The second-order valence-electron chi connectivity index (χ2n) is 4.03. The minimum absolute atomic E-state index is 0.418. The lowest BCUT2D eigenvalue weighted by Crippen LogP contribution is -1.96. The van der Waals surface area contributed by atoms with Crippen LogP contribution in [0.15, 0.2) is 23.2 Å². The number of rotatable bonds is 3. The van der Waals surface area contributed by atoms with E-state index in [4.69, 9.17) is 11.6 Å². The molecule has 0 fully saturated rings. The van der Waals surface area contributed by atoms with Crippen LogP contribution >= 0.6 is 11.6 Å². The molecular formula is C11H12ClN3O. The van der Waals surface area contributed by atoms with Gasteiger partial charge in [-0.2, -0.15) is 4.98 Å². The van der Waals surface area contributed by atoms with Gasteiger partial charge in [-0.1, -0.05) is 30.6 Å². The fourth-order valence-corrected chi connectivity index (χ4v) is 1.77. The smallest absolute Gasteiger partial charge is 0.222 e. The highest BCUT2D eigenvalue weighted by Crippen LogP contribution is 2.24. The van der Waals surface area contributed by atoms with E-state index in [-0.39, 0.29) is 0 Å². The molecule has 84 valence electrons. The summed E-state index contributed by atoms with van der Waals surface area (Å²) in [6, 6.07) is 1.90. The first-order valence-corrected chi connectivity index (χ1v) is 5.45. The van der Waals surface area contributed by atoms with Crippen LogP contribution in [-0.2, 0) is 6.42 Å². The van der Waals surface area contributed by atoms with Crippen LogP contribution in [0.2, 0.25) is 5.02 Å². The standard InChI is InChI=1S/C11H12ClN3O/c1-7(2)3-8-4-9(12)10(13-5-8)11-14-6-16-15-11/h4-7H,3H2,1-2H3. The summed E-state index contributed by atoms with van der Waals surface area (Å²) in [5.41, 5.74) is 1.68. The molecule has 0 spiro atoms. The van der Waals surface area contributed by atoms with Crippen molar-refractivity contribution in [3.05, 3.63) is 29.2 Å². The molecule has 0 radical (unpaired) electrons. The predicted molar refractivity (Wildman–Crippen MR) is 61.1 cm³/mol. The molecule has 0 aliphatic carbocycles. The Morgan fingerprint density at radius 3 is 2.75 bits per heavy atom. The third-order valence-corrected chi connectivity index (χ3v) is 2.40. The van der Waals surface area contributed by atoms with E-state index in [2.05, 4.69) is 33.5 Å². The maximum atomic E-state index is 6.12. The summed E-state index contributed by atoms with van der Waals surface area (Å²) in [6.45, 7) is 4.31. The van der Waals surface area contributed by atoms with Gasteiger partial charge in [0.1, 0.15) is 5.69 Å². The van der Waals surface area contributed by atoms with Gasteiger partial charge in [-0.3, -0.25) is 4.98 Å². The number of halogens is 1. The average molecular weight is 238 g/mol. The van der Waals surface area contributed by atoms with Gasteiger partial charge in [0.05, 0.1) is 5.02 Å². The maximum Gasteiger partial charge on any atom is 0.222 e. The van der Waals surface area contributed by atoms with Gasteiger partial charge in [0, 0.05) is 6.20 Å². The van der Waals surface area contributed by atoms with Gasteiger partial charge in [0.2, 0.25) is 12.2 Å². The lowest BCUT2D eigenvalue weighted by molar-refractivity contribution is 0.418. The van der Waals surface area contributed by atoms with E-state index < -0.39 is 0 Å². The fourth-order valence-electron chi connectivity index (χ4n) is 1.50. The monoisotopic (exact) mass is 237 g/mol. The summed E-state index contributed by atoms with van der Waals surface area (Å²) < 4.78 is 4.66. The molecule has 0 saturated heterocycles. The lowest BCUT2D eigenvalue weighted by Gasteiger charge is -2.06. The van der Waals surface area contributed by atoms with E-state index >= 15 is 0 Å². The van der Waals surface area contributed by atoms with E-state index in [1.54, 1.807) is 6.20 Å². The summed E-state index contributed by atoms with van der Waals surface area (Å²) in [7, 11) is 0. The van der Waals surface area contributed by atoms with Gasteiger partial charge in [-0.05, 0) is 24.0 Å². The van der Waals surface area contributed by atoms with Gasteiger partial charge in [0.25, 0.3) is 0 Å². The van der Waals surface area contributed by atoms with Crippen molar-refractivity contribution in [2.24, 2.45) is 5.92 Å². The van der Waals surface area contributed by atoms with Gasteiger partial charge >= 0.3 is 0 Å². The Bertz CT molecular complexity index is 468. The zero-order valence-electron chi connectivity index (χ0n) is 9.14. The molecular weight excluding hydrogens is 226 g/mol. The molecule has 4 nitrogen and oxygen atoms in total. The number of hydrogen-bond acceptors (Lipinski definition) is 4. The summed E-state index contributed by atoms with van der Waals surface area (Å²) in [5.74, 6) is 0.995. The summed E-state index contributed by atoms with van der Waals surface area (Å²) >= 11 is 6.12. The molecule has 2 heterocycles. The molecule has 0 unspecified atom stereocenters. The molecule has 2 aromatic heterocycles. The Morgan fingerprint density at radius 2 is 2.19 bits per heavy atom. The molecule has 16 heavy (non-hydrogen) atoms. The topological polar surface area (TPSA) is 51.8 Å². The van der Waals surface area contributed by atoms with E-state index in [0.29, 0.717) is 22.5 Å². The van der Waals surface area contributed by atoms with Crippen molar-refractivity contribution < 1.29 is 4.52 Å². The molecule has 0 atom stereocenters. The molecule has 2 aromatic rings. The van der Waals surface area contributed by atoms with Gasteiger partial charge in [-0.15, -0.1) is 0 Å². The summed E-state index contributed by atoms with van der Waals surface area (Å²) in [5, 5.41) is 4.26. The molecule has 2 rings (SSSR count). The van der Waals surface area contributed by atoms with E-state index in [1.165, 1.54) is 6.39 Å². The van der Waals surface area contributed by atoms with Crippen LogP contribution in [0.25, 0.3) is 11.5 Å². The number of pyridine rings is 1. The van der Waals surface area contributed by atoms with Crippen molar-refractivity contribution in [1.82, 2.24) is 15.1 Å². The Balaban J connectivity index is 2.30. The minimum Gasteiger partial charge on any atom is -0.342 e. The van der Waals surface area contributed by atoms with Crippen LogP contribution < -0.4 is 0 Å². The minimum atomic E-state index is 0.418. The molecule has 0 aliphatic heterocycles. The number of hydrogen-bond donors (Lipinski definition) is 0. The molecule has 0 amide bonds. The molecule has 0 aromatic carbocycles. The zero-order chi connectivity index (χ0) is 11.5. The van der Waals surface area contributed by atoms with Crippen molar-refractivity contribution in [3.8, 4) is 11.5 Å². The van der Waals surface area contributed by atoms with E-state index in [9.17, 15) is 0 Å². The van der Waals surface area contributed by atoms with Crippen molar-refractivity contribution in [1.29, 1.82) is 0 Å². The SMILES string of the molecule is CC(C)Cc1cnc(-c2ncon2)c(Cl)c1.